The van der Waals surface area contributed by atoms with Crippen molar-refractivity contribution in [2.75, 3.05) is 40.8 Å². The lowest BCUT2D eigenvalue weighted by atomic mass is 10.2. The molecule has 1 aromatic carbocycles. The van der Waals surface area contributed by atoms with E-state index in [0.29, 0.717) is 11.7 Å². The molecule has 8 nitrogen and oxygen atoms in total. The van der Waals surface area contributed by atoms with Crippen molar-refractivity contribution in [3.63, 3.8) is 0 Å². The van der Waals surface area contributed by atoms with E-state index in [2.05, 4.69) is 20.4 Å². The van der Waals surface area contributed by atoms with Gasteiger partial charge < -0.3 is 9.84 Å². The zero-order chi connectivity index (χ0) is 18.7. The predicted molar refractivity (Wildman–Crippen MR) is 106 cm³/mol. The predicted octanol–water partition coefficient (Wildman–Crippen LogP) is 1.49. The Morgan fingerprint density at radius 2 is 1.96 bits per heavy atom. The average Bonchev–Trinajstić information content (AvgIpc) is 3.09. The molecular weight excluding hydrogens is 390 g/mol. The van der Waals surface area contributed by atoms with Gasteiger partial charge in [-0.2, -0.15) is 4.98 Å². The molecule has 1 saturated heterocycles. The monoisotopic (exact) mass is 413 g/mol. The lowest BCUT2D eigenvalue weighted by Gasteiger charge is -2.30. The van der Waals surface area contributed by atoms with E-state index in [1.807, 2.05) is 13.1 Å². The molecule has 1 aromatic heterocycles. The van der Waals surface area contributed by atoms with Gasteiger partial charge in [0.1, 0.15) is 0 Å². The molecule has 10 heteroatoms. The molecule has 148 valence electrons. The Labute approximate surface area is 165 Å². The van der Waals surface area contributed by atoms with E-state index in [9.17, 15) is 8.42 Å². The third-order valence-electron chi connectivity index (χ3n) is 4.34. The van der Waals surface area contributed by atoms with Gasteiger partial charge in [0.15, 0.2) is 5.82 Å². The van der Waals surface area contributed by atoms with E-state index < -0.39 is 10.0 Å². The van der Waals surface area contributed by atoms with Gasteiger partial charge in [-0.05, 0) is 30.8 Å². The van der Waals surface area contributed by atoms with Crippen LogP contribution in [0.5, 0.6) is 0 Å². The molecule has 0 amide bonds. The largest absolute Gasteiger partial charge is 0.335 e. The summed E-state index contributed by atoms with van der Waals surface area (Å²) in [4.78, 5) is 6.88. The number of hydrogen-bond acceptors (Lipinski definition) is 7. The van der Waals surface area contributed by atoms with Gasteiger partial charge in [0.25, 0.3) is 5.89 Å². The Kier molecular flexibility index (Phi) is 7.12. The van der Waals surface area contributed by atoms with E-state index in [1.54, 1.807) is 30.3 Å². The molecule has 1 aliphatic heterocycles. The molecular formula is C17H24ClN5O3S. The number of benzene rings is 1. The van der Waals surface area contributed by atoms with Crippen molar-refractivity contribution in [2.24, 2.45) is 0 Å². The summed E-state index contributed by atoms with van der Waals surface area (Å²) in [6.45, 7) is 2.69. The van der Waals surface area contributed by atoms with Crippen LogP contribution < -0.4 is 5.32 Å². The molecule has 2 heterocycles. The Hall–Kier alpha value is -1.78. The van der Waals surface area contributed by atoms with Crippen LogP contribution in [0.2, 0.25) is 0 Å². The highest BCUT2D eigenvalue weighted by molar-refractivity contribution is 7.89. The molecule has 1 N–H and O–H groups in total. The van der Waals surface area contributed by atoms with Crippen molar-refractivity contribution < 1.29 is 12.9 Å². The van der Waals surface area contributed by atoms with E-state index in [0.717, 1.165) is 25.2 Å². The molecule has 0 spiro atoms. The van der Waals surface area contributed by atoms with Crippen molar-refractivity contribution >= 4 is 34.6 Å². The first-order chi connectivity index (χ1) is 12.4. The van der Waals surface area contributed by atoms with Crippen LogP contribution in [0.3, 0.4) is 0 Å². The quantitative estimate of drug-likeness (QED) is 0.793. The molecule has 0 radical (unpaired) electrons. The highest BCUT2D eigenvalue weighted by Crippen LogP contribution is 2.19. The van der Waals surface area contributed by atoms with Gasteiger partial charge >= 0.3 is 0 Å². The molecule has 1 atom stereocenters. The summed E-state index contributed by atoms with van der Waals surface area (Å²) in [6.07, 6.45) is 3.54. The standard InChI is InChI=1S/C17H23N5O3S.ClH/c1-21(2)26(23,24)14-7-4-13(5-8-14)6-9-16-19-17(20-25-16)15-12-18-10-11-22(15)3;/h4-9,15,18H,10-12H2,1-3H3;1H/b9-6+;. The summed E-state index contributed by atoms with van der Waals surface area (Å²) in [5.41, 5.74) is 0.846. The van der Waals surface area contributed by atoms with E-state index in [1.165, 1.54) is 18.4 Å². The van der Waals surface area contributed by atoms with Gasteiger partial charge in [0.05, 0.1) is 10.9 Å². The molecule has 1 aliphatic rings. The molecule has 2 aromatic rings. The fourth-order valence-corrected chi connectivity index (χ4v) is 3.58. The second kappa shape index (κ2) is 8.94. The van der Waals surface area contributed by atoms with Crippen molar-refractivity contribution in [1.82, 2.24) is 24.7 Å². The van der Waals surface area contributed by atoms with Crippen LogP contribution in [0.25, 0.3) is 12.2 Å². The molecule has 0 aliphatic carbocycles. The minimum Gasteiger partial charge on any atom is -0.335 e. The highest BCUT2D eigenvalue weighted by Gasteiger charge is 2.24. The first-order valence-corrected chi connectivity index (χ1v) is 9.77. The van der Waals surface area contributed by atoms with Gasteiger partial charge in [0, 0.05) is 39.8 Å². The van der Waals surface area contributed by atoms with E-state index >= 15 is 0 Å². The van der Waals surface area contributed by atoms with E-state index in [-0.39, 0.29) is 23.3 Å². The lowest BCUT2D eigenvalue weighted by Crippen LogP contribution is -2.44. The maximum Gasteiger partial charge on any atom is 0.250 e. The Bertz CT molecular complexity index is 880. The highest BCUT2D eigenvalue weighted by atomic mass is 35.5. The number of likely N-dealkylation sites (N-methyl/N-ethyl adjacent to an activating group) is 1. The topological polar surface area (TPSA) is 91.6 Å². The Morgan fingerprint density at radius 1 is 1.26 bits per heavy atom. The fourth-order valence-electron chi connectivity index (χ4n) is 2.67. The second-order valence-corrected chi connectivity index (χ2v) is 8.53. The number of rotatable bonds is 5. The van der Waals surface area contributed by atoms with Crippen LogP contribution in [0.1, 0.15) is 23.3 Å². The number of hydrogen-bond donors (Lipinski definition) is 1. The molecule has 0 saturated carbocycles. The molecule has 1 unspecified atom stereocenters. The van der Waals surface area contributed by atoms with Gasteiger partial charge in [-0.3, -0.25) is 4.90 Å². The number of nitrogens with zero attached hydrogens (tertiary/aromatic N) is 4. The van der Waals surface area contributed by atoms with Crippen LogP contribution in [0.4, 0.5) is 0 Å². The minimum absolute atomic E-state index is 0. The summed E-state index contributed by atoms with van der Waals surface area (Å²) in [7, 11) is 1.64. The third-order valence-corrected chi connectivity index (χ3v) is 6.17. The number of halogens is 1. The number of piperazine rings is 1. The van der Waals surface area contributed by atoms with Crippen LogP contribution in [0, 0.1) is 0 Å². The minimum atomic E-state index is -3.42. The Morgan fingerprint density at radius 3 is 2.59 bits per heavy atom. The molecule has 27 heavy (non-hydrogen) atoms. The van der Waals surface area contributed by atoms with E-state index in [4.69, 9.17) is 4.52 Å². The second-order valence-electron chi connectivity index (χ2n) is 6.38. The maximum absolute atomic E-state index is 12.1. The summed E-state index contributed by atoms with van der Waals surface area (Å²) < 4.78 is 30.6. The van der Waals surface area contributed by atoms with Crippen molar-refractivity contribution in [2.45, 2.75) is 10.9 Å². The summed E-state index contributed by atoms with van der Waals surface area (Å²) in [5.74, 6) is 1.08. The molecule has 1 fully saturated rings. The number of sulfonamides is 1. The van der Waals surface area contributed by atoms with Gasteiger partial charge in [-0.1, -0.05) is 17.3 Å². The van der Waals surface area contributed by atoms with Crippen LogP contribution in [-0.2, 0) is 10.0 Å². The first-order valence-electron chi connectivity index (χ1n) is 8.33. The average molecular weight is 414 g/mol. The smallest absolute Gasteiger partial charge is 0.250 e. The van der Waals surface area contributed by atoms with Gasteiger partial charge in [0.2, 0.25) is 10.0 Å². The SMILES string of the molecule is CN1CCNCC1c1noc(/C=C/c2ccc(S(=O)(=O)N(C)C)cc2)n1.Cl. The molecule has 3 rings (SSSR count). The Balaban J connectivity index is 0.00000261. The van der Waals surface area contributed by atoms with Gasteiger partial charge in [-0.25, -0.2) is 12.7 Å². The number of nitrogens with one attached hydrogen (secondary N) is 1. The zero-order valence-corrected chi connectivity index (χ0v) is 17.1. The van der Waals surface area contributed by atoms with Gasteiger partial charge in [-0.15, -0.1) is 12.4 Å². The zero-order valence-electron chi connectivity index (χ0n) is 15.5. The molecule has 0 bridgehead atoms. The van der Waals surface area contributed by atoms with Crippen molar-refractivity contribution in [3.8, 4) is 0 Å². The first kappa shape index (κ1) is 21.5. The van der Waals surface area contributed by atoms with Crippen LogP contribution >= 0.6 is 12.4 Å². The summed E-state index contributed by atoms with van der Waals surface area (Å²) in [5, 5.41) is 7.39. The fraction of sp³-hybridized carbons (Fsp3) is 0.412. The van der Waals surface area contributed by atoms with Crippen LogP contribution in [0.15, 0.2) is 33.7 Å². The number of aromatic nitrogens is 2. The van der Waals surface area contributed by atoms with Crippen LogP contribution in [-0.4, -0.2) is 68.5 Å². The maximum atomic E-state index is 12.1. The summed E-state index contributed by atoms with van der Waals surface area (Å²) in [6, 6.07) is 6.74. The van der Waals surface area contributed by atoms with Crippen molar-refractivity contribution in [1.29, 1.82) is 0 Å². The third kappa shape index (κ3) is 4.94. The van der Waals surface area contributed by atoms with Crippen molar-refractivity contribution in [3.05, 3.63) is 41.5 Å². The normalized spacial score (nSPS) is 18.7. The summed E-state index contributed by atoms with van der Waals surface area (Å²) >= 11 is 0. The lowest BCUT2D eigenvalue weighted by molar-refractivity contribution is 0.190.